The lowest BCUT2D eigenvalue weighted by Gasteiger charge is -2.12. The quantitative estimate of drug-likeness (QED) is 0.175. The summed E-state index contributed by atoms with van der Waals surface area (Å²) < 4.78 is 7.38. The maximum Gasteiger partial charge on any atom is 0.165 e. The average molecular weight is 763 g/mol. The molecule has 266 valence electrons. The van der Waals surface area contributed by atoms with Gasteiger partial charge in [0.05, 0.1) is 11.0 Å². The number of aromatic nitrogens is 4. The van der Waals surface area contributed by atoms with Crippen LogP contribution in [0.2, 0.25) is 0 Å². The van der Waals surface area contributed by atoms with Gasteiger partial charge in [0.1, 0.15) is 0 Å². The van der Waals surface area contributed by atoms with Crippen LogP contribution in [0.15, 0.2) is 182 Å². The van der Waals surface area contributed by atoms with Crippen LogP contribution in [0.25, 0.3) is 113 Å². The van der Waals surface area contributed by atoms with E-state index in [1.165, 1.54) is 62.2 Å². The van der Waals surface area contributed by atoms with Gasteiger partial charge in [0.2, 0.25) is 0 Å². The van der Waals surface area contributed by atoms with Crippen LogP contribution in [0.3, 0.4) is 0 Å². The van der Waals surface area contributed by atoms with E-state index in [1.807, 2.05) is 59.1 Å². The molecule has 0 aliphatic rings. The summed E-state index contributed by atoms with van der Waals surface area (Å²) in [7, 11) is 0. The molecule has 0 aliphatic heterocycles. The van der Waals surface area contributed by atoms with E-state index < -0.39 is 0 Å². The van der Waals surface area contributed by atoms with Crippen LogP contribution >= 0.6 is 22.7 Å². The maximum atomic E-state index is 5.27. The van der Waals surface area contributed by atoms with Gasteiger partial charge in [0.15, 0.2) is 17.5 Å². The maximum absolute atomic E-state index is 5.27. The lowest BCUT2D eigenvalue weighted by Crippen LogP contribution is -2.00. The van der Waals surface area contributed by atoms with Crippen LogP contribution in [0, 0.1) is 0 Å². The van der Waals surface area contributed by atoms with Crippen molar-refractivity contribution in [2.45, 2.75) is 0 Å². The van der Waals surface area contributed by atoms with Gasteiger partial charge in [-0.3, -0.25) is 0 Å². The molecule has 57 heavy (non-hydrogen) atoms. The van der Waals surface area contributed by atoms with Crippen LogP contribution in [0.4, 0.5) is 0 Å². The van der Waals surface area contributed by atoms with E-state index in [9.17, 15) is 0 Å². The SMILES string of the molecule is c1ccc(-c2nc(-c3ccccc3)nc(-c3cc(-c4ccc5c(c4)c4ccccc4n5-c4ccccc4)cc4c3sc3ccc5sc6ccccc6c5c34)n2)cc1. The molecule has 4 nitrogen and oxygen atoms in total. The summed E-state index contributed by atoms with van der Waals surface area (Å²) >= 11 is 3.68. The zero-order chi connectivity index (χ0) is 37.5. The second-order valence-corrected chi connectivity index (χ2v) is 16.5. The predicted octanol–water partition coefficient (Wildman–Crippen LogP) is 14.4. The molecule has 0 amide bonds. The lowest BCUT2D eigenvalue weighted by molar-refractivity contribution is 1.08. The fourth-order valence-electron chi connectivity index (χ4n) is 8.45. The molecule has 0 spiro atoms. The fraction of sp³-hybridized carbons (Fsp3) is 0. The minimum absolute atomic E-state index is 0.653. The first-order valence-corrected chi connectivity index (χ1v) is 20.7. The van der Waals surface area contributed by atoms with Crippen molar-refractivity contribution in [1.82, 2.24) is 19.5 Å². The molecule has 8 aromatic carbocycles. The molecule has 4 heterocycles. The second-order valence-electron chi connectivity index (χ2n) is 14.4. The zero-order valence-corrected chi connectivity index (χ0v) is 32.1. The Kier molecular flexibility index (Phi) is 7.24. The van der Waals surface area contributed by atoms with Gasteiger partial charge in [0, 0.05) is 73.5 Å². The highest BCUT2D eigenvalue weighted by molar-refractivity contribution is 7.28. The van der Waals surface area contributed by atoms with Gasteiger partial charge in [-0.2, -0.15) is 0 Å². The van der Waals surface area contributed by atoms with Gasteiger partial charge in [-0.15, -0.1) is 22.7 Å². The van der Waals surface area contributed by atoms with E-state index in [4.69, 9.17) is 15.0 Å². The predicted molar refractivity (Wildman–Crippen MR) is 242 cm³/mol. The summed E-state index contributed by atoms with van der Waals surface area (Å²) in [6, 6.07) is 64.8. The molecule has 0 fully saturated rings. The molecule has 0 bridgehead atoms. The Morgan fingerprint density at radius 3 is 1.65 bits per heavy atom. The molecule has 0 aliphatic carbocycles. The first-order chi connectivity index (χ1) is 28.2. The number of hydrogen-bond donors (Lipinski definition) is 0. The Balaban J connectivity index is 1.18. The van der Waals surface area contributed by atoms with E-state index >= 15 is 0 Å². The first-order valence-electron chi connectivity index (χ1n) is 19.0. The minimum Gasteiger partial charge on any atom is -0.309 e. The molecule has 0 atom stereocenters. The van der Waals surface area contributed by atoms with E-state index in [0.717, 1.165) is 33.5 Å². The standard InChI is InChI=1S/C51H30N4S2/c1-4-14-31(15-5-1)49-52-50(32-16-6-2-7-17-32)54-51(53-49)40-30-34(29-39-47-45(57-48(39)40)27-26-44-46(47)37-21-11-13-23-43(37)56-44)33-24-25-42-38(28-33)36-20-10-12-22-41(36)55(42)35-18-8-3-9-19-35/h1-30H. The van der Waals surface area contributed by atoms with Crippen molar-refractivity contribution < 1.29 is 0 Å². The summed E-state index contributed by atoms with van der Waals surface area (Å²) in [4.78, 5) is 15.6. The summed E-state index contributed by atoms with van der Waals surface area (Å²) in [5.74, 6) is 1.97. The molecule has 0 saturated carbocycles. The Morgan fingerprint density at radius 2 is 0.912 bits per heavy atom. The monoisotopic (exact) mass is 762 g/mol. The Bertz CT molecular complexity index is 3450. The van der Waals surface area contributed by atoms with Gasteiger partial charge in [-0.25, -0.2) is 15.0 Å². The van der Waals surface area contributed by atoms with Crippen molar-refractivity contribution in [3.63, 3.8) is 0 Å². The van der Waals surface area contributed by atoms with Gasteiger partial charge in [0.25, 0.3) is 0 Å². The lowest BCUT2D eigenvalue weighted by atomic mass is 9.96. The number of hydrogen-bond acceptors (Lipinski definition) is 5. The van der Waals surface area contributed by atoms with Crippen LogP contribution in [0.1, 0.15) is 0 Å². The highest BCUT2D eigenvalue weighted by Crippen LogP contribution is 2.48. The van der Waals surface area contributed by atoms with Crippen LogP contribution in [-0.2, 0) is 0 Å². The summed E-state index contributed by atoms with van der Waals surface area (Å²) in [6.07, 6.45) is 0. The van der Waals surface area contributed by atoms with Crippen molar-refractivity contribution in [3.8, 4) is 51.0 Å². The van der Waals surface area contributed by atoms with Crippen LogP contribution in [0.5, 0.6) is 0 Å². The molecule has 12 aromatic rings. The molecular formula is C51H30N4S2. The molecule has 0 radical (unpaired) electrons. The first kappa shape index (κ1) is 32.3. The normalized spacial score (nSPS) is 11.9. The number of rotatable bonds is 5. The van der Waals surface area contributed by atoms with E-state index in [2.05, 4.69) is 150 Å². The molecule has 6 heteroatoms. The van der Waals surface area contributed by atoms with Gasteiger partial charge < -0.3 is 4.57 Å². The molecule has 4 aromatic heterocycles. The van der Waals surface area contributed by atoms with E-state index in [0.29, 0.717) is 17.5 Å². The molecule has 12 rings (SSSR count). The number of fused-ring (bicyclic) bond motifs is 10. The molecule has 0 N–H and O–H groups in total. The number of thiophene rings is 2. The average Bonchev–Trinajstić information content (AvgIpc) is 3.96. The number of para-hydroxylation sites is 2. The Morgan fingerprint density at radius 1 is 0.351 bits per heavy atom. The summed E-state index contributed by atoms with van der Waals surface area (Å²) in [5.41, 5.74) is 8.68. The number of benzene rings is 8. The Labute approximate surface area is 335 Å². The third-order valence-corrected chi connectivity index (χ3v) is 13.4. The van der Waals surface area contributed by atoms with E-state index in [-0.39, 0.29) is 0 Å². The minimum atomic E-state index is 0.653. The summed E-state index contributed by atoms with van der Waals surface area (Å²) in [6.45, 7) is 0. The van der Waals surface area contributed by atoms with Gasteiger partial charge in [-0.05, 0) is 71.8 Å². The Hall–Kier alpha value is -6.99. The largest absolute Gasteiger partial charge is 0.309 e. The van der Waals surface area contributed by atoms with Crippen LogP contribution < -0.4 is 0 Å². The van der Waals surface area contributed by atoms with Crippen molar-refractivity contribution >= 4 is 84.8 Å². The third kappa shape index (κ3) is 5.15. The van der Waals surface area contributed by atoms with Crippen molar-refractivity contribution in [3.05, 3.63) is 182 Å². The van der Waals surface area contributed by atoms with Gasteiger partial charge in [-0.1, -0.05) is 121 Å². The number of nitrogens with zero attached hydrogens (tertiary/aromatic N) is 4. The zero-order valence-electron chi connectivity index (χ0n) is 30.4. The van der Waals surface area contributed by atoms with Gasteiger partial charge >= 0.3 is 0 Å². The second kappa shape index (κ2) is 12.8. The summed E-state index contributed by atoms with van der Waals surface area (Å²) in [5, 5.41) is 7.55. The highest BCUT2D eigenvalue weighted by Gasteiger charge is 2.22. The highest BCUT2D eigenvalue weighted by atomic mass is 32.1. The fourth-order valence-corrected chi connectivity index (χ4v) is 10.8. The van der Waals surface area contributed by atoms with Crippen molar-refractivity contribution in [1.29, 1.82) is 0 Å². The van der Waals surface area contributed by atoms with Crippen LogP contribution in [-0.4, -0.2) is 19.5 Å². The molecule has 0 saturated heterocycles. The van der Waals surface area contributed by atoms with Crippen molar-refractivity contribution in [2.75, 3.05) is 0 Å². The molecular weight excluding hydrogens is 733 g/mol. The third-order valence-electron chi connectivity index (χ3n) is 11.0. The topological polar surface area (TPSA) is 43.6 Å². The van der Waals surface area contributed by atoms with E-state index in [1.54, 1.807) is 0 Å². The smallest absolute Gasteiger partial charge is 0.165 e. The van der Waals surface area contributed by atoms with Crippen molar-refractivity contribution in [2.24, 2.45) is 0 Å². The molecule has 0 unspecified atom stereocenters.